The molecule has 2 atom stereocenters. The number of carboxylic acid groups (broad SMARTS) is 1. The maximum atomic E-state index is 11.8. The van der Waals surface area contributed by atoms with E-state index in [9.17, 15) is 14.7 Å². The van der Waals surface area contributed by atoms with Gasteiger partial charge in [-0.2, -0.15) is 0 Å². The van der Waals surface area contributed by atoms with Crippen LogP contribution in [0.3, 0.4) is 0 Å². The molecule has 0 saturated heterocycles. The van der Waals surface area contributed by atoms with Gasteiger partial charge in [0.15, 0.2) is 0 Å². The highest BCUT2D eigenvalue weighted by molar-refractivity contribution is 5.88. The zero-order valence-corrected chi connectivity index (χ0v) is 11.8. The van der Waals surface area contributed by atoms with Crippen molar-refractivity contribution in [2.24, 2.45) is 5.73 Å². The first-order chi connectivity index (χ1) is 10.0. The molecule has 0 unspecified atom stereocenters. The van der Waals surface area contributed by atoms with E-state index in [0.29, 0.717) is 6.42 Å². The number of carbonyl (C=O) groups is 2. The molecule has 21 heavy (non-hydrogen) atoms. The first kappa shape index (κ1) is 15.1. The normalized spacial score (nSPS) is 13.8. The van der Waals surface area contributed by atoms with E-state index in [4.69, 9.17) is 5.73 Å². The lowest BCUT2D eigenvalue weighted by atomic mass is 10.0. The van der Waals surface area contributed by atoms with E-state index < -0.39 is 24.0 Å². The molecule has 2 rings (SSSR count). The van der Waals surface area contributed by atoms with E-state index in [-0.39, 0.29) is 6.42 Å². The van der Waals surface area contributed by atoms with E-state index in [0.717, 1.165) is 16.5 Å². The largest absolute Gasteiger partial charge is 0.480 e. The van der Waals surface area contributed by atoms with Crippen molar-refractivity contribution < 1.29 is 14.7 Å². The lowest BCUT2D eigenvalue weighted by Gasteiger charge is -2.16. The van der Waals surface area contributed by atoms with E-state index >= 15 is 0 Å². The lowest BCUT2D eigenvalue weighted by molar-refractivity contribution is -0.142. The number of benzene rings is 1. The number of aliphatic carboxylic acids is 1. The summed E-state index contributed by atoms with van der Waals surface area (Å²) < 4.78 is 0. The number of carboxylic acids is 1. The number of nitrogens with two attached hydrogens (primary N) is 1. The van der Waals surface area contributed by atoms with Crippen molar-refractivity contribution in [2.75, 3.05) is 0 Å². The van der Waals surface area contributed by atoms with Crippen LogP contribution < -0.4 is 11.1 Å². The summed E-state index contributed by atoms with van der Waals surface area (Å²) in [4.78, 5) is 26.2. The van der Waals surface area contributed by atoms with Crippen molar-refractivity contribution in [1.29, 1.82) is 0 Å². The predicted molar refractivity (Wildman–Crippen MR) is 79.8 cm³/mol. The highest BCUT2D eigenvalue weighted by atomic mass is 16.4. The highest BCUT2D eigenvalue weighted by Gasteiger charge is 2.23. The number of para-hydroxylation sites is 1. The summed E-state index contributed by atoms with van der Waals surface area (Å²) in [5, 5.41) is 12.7. The number of rotatable bonds is 6. The van der Waals surface area contributed by atoms with Gasteiger partial charge in [0, 0.05) is 23.5 Å². The van der Waals surface area contributed by atoms with E-state index in [1.54, 1.807) is 13.1 Å². The lowest BCUT2D eigenvalue weighted by Crippen LogP contribution is -2.49. The van der Waals surface area contributed by atoms with Gasteiger partial charge in [-0.05, 0) is 18.1 Å². The van der Waals surface area contributed by atoms with Crippen LogP contribution in [0.2, 0.25) is 0 Å². The van der Waals surface area contributed by atoms with Crippen molar-refractivity contribution in [3.05, 3.63) is 36.0 Å². The van der Waals surface area contributed by atoms with Crippen LogP contribution in [0, 0.1) is 0 Å². The summed E-state index contributed by atoms with van der Waals surface area (Å²) in [6.07, 6.45) is 2.44. The molecule has 0 spiro atoms. The minimum absolute atomic E-state index is 0.210. The number of aromatic nitrogens is 1. The zero-order valence-electron chi connectivity index (χ0n) is 11.8. The molecule has 0 aliphatic rings. The van der Waals surface area contributed by atoms with Crippen LogP contribution in [0.15, 0.2) is 30.5 Å². The molecular weight excluding hydrogens is 270 g/mol. The molecule has 1 amide bonds. The number of amides is 1. The molecule has 5 N–H and O–H groups in total. The quantitative estimate of drug-likeness (QED) is 0.636. The van der Waals surface area contributed by atoms with Gasteiger partial charge in [0.25, 0.3) is 0 Å². The number of fused-ring (bicyclic) bond motifs is 1. The van der Waals surface area contributed by atoms with Crippen LogP contribution in [0.5, 0.6) is 0 Å². The summed E-state index contributed by atoms with van der Waals surface area (Å²) in [5.41, 5.74) is 7.41. The molecule has 0 radical (unpaired) electrons. The Bertz CT molecular complexity index is 650. The number of H-pyrrole nitrogens is 1. The first-order valence-corrected chi connectivity index (χ1v) is 6.86. The zero-order chi connectivity index (χ0) is 15.4. The average molecular weight is 289 g/mol. The molecule has 1 aromatic carbocycles. The number of carbonyl (C=O) groups excluding carboxylic acids is 1. The Morgan fingerprint density at radius 2 is 2.10 bits per heavy atom. The number of hydrogen-bond donors (Lipinski definition) is 4. The summed E-state index contributed by atoms with van der Waals surface area (Å²) in [7, 11) is 0. The Hall–Kier alpha value is -2.34. The third-order valence-electron chi connectivity index (χ3n) is 3.49. The van der Waals surface area contributed by atoms with Gasteiger partial charge >= 0.3 is 5.97 Å². The SMILES string of the molecule is CC[C@H](N)C(=O)N[C@@H](Cc1c[nH]c2ccccc12)C(=O)O. The predicted octanol–water partition coefficient (Wildman–Crippen LogP) is 1.02. The van der Waals surface area contributed by atoms with Crippen LogP contribution in [0.4, 0.5) is 0 Å². The Morgan fingerprint density at radius 1 is 1.38 bits per heavy atom. The van der Waals surface area contributed by atoms with Crippen molar-refractivity contribution in [2.45, 2.75) is 31.8 Å². The van der Waals surface area contributed by atoms with Gasteiger partial charge in [-0.25, -0.2) is 4.79 Å². The topological polar surface area (TPSA) is 108 Å². The van der Waals surface area contributed by atoms with Gasteiger partial charge in [0.2, 0.25) is 5.91 Å². The van der Waals surface area contributed by atoms with Crippen molar-refractivity contribution in [3.63, 3.8) is 0 Å². The smallest absolute Gasteiger partial charge is 0.326 e. The standard InChI is InChI=1S/C15H19N3O3/c1-2-11(16)14(19)18-13(15(20)21)7-9-8-17-12-6-4-3-5-10(9)12/h3-6,8,11,13,17H,2,7,16H2,1H3,(H,18,19)(H,20,21)/t11-,13-/m0/s1. The van der Waals surface area contributed by atoms with Crippen LogP contribution in [-0.2, 0) is 16.0 Å². The van der Waals surface area contributed by atoms with E-state index in [1.807, 2.05) is 24.3 Å². The maximum Gasteiger partial charge on any atom is 0.326 e. The fraction of sp³-hybridized carbons (Fsp3) is 0.333. The van der Waals surface area contributed by atoms with Gasteiger partial charge in [-0.3, -0.25) is 4.79 Å². The minimum Gasteiger partial charge on any atom is -0.480 e. The van der Waals surface area contributed by atoms with Crippen LogP contribution in [-0.4, -0.2) is 34.1 Å². The van der Waals surface area contributed by atoms with E-state index in [1.165, 1.54) is 0 Å². The molecule has 0 saturated carbocycles. The Kier molecular flexibility index (Phi) is 4.59. The average Bonchev–Trinajstić information content (AvgIpc) is 2.88. The van der Waals surface area contributed by atoms with Gasteiger partial charge < -0.3 is 21.1 Å². The van der Waals surface area contributed by atoms with Gasteiger partial charge in [0.05, 0.1) is 6.04 Å². The molecule has 112 valence electrons. The van der Waals surface area contributed by atoms with Gasteiger partial charge in [0.1, 0.15) is 6.04 Å². The van der Waals surface area contributed by atoms with Crippen LogP contribution in [0.1, 0.15) is 18.9 Å². The van der Waals surface area contributed by atoms with Crippen molar-refractivity contribution >= 4 is 22.8 Å². The second kappa shape index (κ2) is 6.41. The molecule has 6 heteroatoms. The fourth-order valence-corrected chi connectivity index (χ4v) is 2.18. The molecule has 0 aliphatic carbocycles. The van der Waals surface area contributed by atoms with Gasteiger partial charge in [-0.15, -0.1) is 0 Å². The van der Waals surface area contributed by atoms with Crippen LogP contribution >= 0.6 is 0 Å². The molecule has 1 heterocycles. The second-order valence-corrected chi connectivity index (χ2v) is 4.98. The van der Waals surface area contributed by atoms with E-state index in [2.05, 4.69) is 10.3 Å². The molecular formula is C15H19N3O3. The minimum atomic E-state index is -1.07. The number of nitrogens with one attached hydrogen (secondary N) is 2. The Labute approximate surface area is 122 Å². The third kappa shape index (κ3) is 3.41. The highest BCUT2D eigenvalue weighted by Crippen LogP contribution is 2.19. The second-order valence-electron chi connectivity index (χ2n) is 4.98. The third-order valence-corrected chi connectivity index (χ3v) is 3.49. The molecule has 0 bridgehead atoms. The molecule has 2 aromatic rings. The number of hydrogen-bond acceptors (Lipinski definition) is 3. The maximum absolute atomic E-state index is 11.8. The molecule has 0 aliphatic heterocycles. The molecule has 6 nitrogen and oxygen atoms in total. The molecule has 1 aromatic heterocycles. The van der Waals surface area contributed by atoms with Gasteiger partial charge in [-0.1, -0.05) is 25.1 Å². The summed E-state index contributed by atoms with van der Waals surface area (Å²) in [6, 6.07) is 5.95. The van der Waals surface area contributed by atoms with Crippen molar-refractivity contribution in [3.8, 4) is 0 Å². The Morgan fingerprint density at radius 3 is 2.76 bits per heavy atom. The fourth-order valence-electron chi connectivity index (χ4n) is 2.18. The monoisotopic (exact) mass is 289 g/mol. The summed E-state index contributed by atoms with van der Waals surface area (Å²) >= 11 is 0. The summed E-state index contributed by atoms with van der Waals surface area (Å²) in [6.45, 7) is 1.78. The Balaban J connectivity index is 2.17. The first-order valence-electron chi connectivity index (χ1n) is 6.86. The molecule has 0 fully saturated rings. The summed E-state index contributed by atoms with van der Waals surface area (Å²) in [5.74, 6) is -1.51. The van der Waals surface area contributed by atoms with Crippen LogP contribution in [0.25, 0.3) is 10.9 Å². The number of aromatic amines is 1. The van der Waals surface area contributed by atoms with Crippen molar-refractivity contribution in [1.82, 2.24) is 10.3 Å².